The van der Waals surface area contributed by atoms with Crippen LogP contribution in [-0.4, -0.2) is 26.1 Å². The van der Waals surface area contributed by atoms with Crippen molar-refractivity contribution in [2.24, 2.45) is 0 Å². The number of rotatable bonds is 2. The van der Waals surface area contributed by atoms with Crippen LogP contribution in [0.1, 0.15) is 10.4 Å². The molecule has 0 saturated heterocycles. The highest BCUT2D eigenvalue weighted by Crippen LogP contribution is 2.12. The maximum Gasteiger partial charge on any atom is 0.256 e. The van der Waals surface area contributed by atoms with Gasteiger partial charge in [0.1, 0.15) is 0 Å². The second-order valence-electron chi connectivity index (χ2n) is 3.70. The zero-order valence-electron chi connectivity index (χ0n) is 9.29. The van der Waals surface area contributed by atoms with E-state index in [0.29, 0.717) is 11.4 Å². The van der Waals surface area contributed by atoms with Crippen LogP contribution in [0.5, 0.6) is 0 Å². The van der Waals surface area contributed by atoms with E-state index in [4.69, 9.17) is 0 Å². The molecule has 0 bridgehead atoms. The molecule has 18 heavy (non-hydrogen) atoms. The SMILES string of the molecule is O=C(Nc1cccnn1)c1ccc2nc[nH]c2c1. The maximum atomic E-state index is 12.0. The van der Waals surface area contributed by atoms with Crippen LogP contribution < -0.4 is 5.32 Å². The van der Waals surface area contributed by atoms with Gasteiger partial charge in [0, 0.05) is 11.8 Å². The number of H-pyrrole nitrogens is 1. The molecule has 0 atom stereocenters. The maximum absolute atomic E-state index is 12.0. The summed E-state index contributed by atoms with van der Waals surface area (Å²) in [6.07, 6.45) is 3.14. The summed E-state index contributed by atoms with van der Waals surface area (Å²) in [5.41, 5.74) is 2.19. The highest BCUT2D eigenvalue weighted by Gasteiger charge is 2.08. The van der Waals surface area contributed by atoms with Gasteiger partial charge in [-0.3, -0.25) is 4.79 Å². The van der Waals surface area contributed by atoms with Crippen LogP contribution >= 0.6 is 0 Å². The third kappa shape index (κ3) is 1.91. The third-order valence-electron chi connectivity index (χ3n) is 2.50. The molecule has 6 heteroatoms. The standard InChI is InChI=1S/C12H9N5O/c18-12(16-11-2-1-5-15-17-11)8-3-4-9-10(6-8)14-7-13-9/h1-7H,(H,13,14)(H,16,17,18). The minimum absolute atomic E-state index is 0.230. The lowest BCUT2D eigenvalue weighted by Crippen LogP contribution is -2.13. The number of carbonyl (C=O) groups is 1. The zero-order chi connectivity index (χ0) is 12.4. The van der Waals surface area contributed by atoms with Crippen LogP contribution in [-0.2, 0) is 0 Å². The Kier molecular flexibility index (Phi) is 2.45. The molecular formula is C12H9N5O. The van der Waals surface area contributed by atoms with Crippen molar-refractivity contribution in [3.05, 3.63) is 48.4 Å². The smallest absolute Gasteiger partial charge is 0.256 e. The molecule has 2 heterocycles. The van der Waals surface area contributed by atoms with Crippen molar-refractivity contribution in [1.82, 2.24) is 20.2 Å². The molecule has 0 aliphatic rings. The summed E-state index contributed by atoms with van der Waals surface area (Å²) in [7, 11) is 0. The van der Waals surface area contributed by atoms with Crippen LogP contribution in [0.2, 0.25) is 0 Å². The van der Waals surface area contributed by atoms with Crippen molar-refractivity contribution in [1.29, 1.82) is 0 Å². The van der Waals surface area contributed by atoms with Crippen LogP contribution in [0.25, 0.3) is 11.0 Å². The molecule has 2 aromatic heterocycles. The molecule has 2 N–H and O–H groups in total. The largest absolute Gasteiger partial charge is 0.345 e. The minimum Gasteiger partial charge on any atom is -0.345 e. The number of hydrogen-bond acceptors (Lipinski definition) is 4. The molecule has 0 saturated carbocycles. The number of carbonyl (C=O) groups excluding carboxylic acids is 1. The lowest BCUT2D eigenvalue weighted by molar-refractivity contribution is 0.102. The monoisotopic (exact) mass is 239 g/mol. The summed E-state index contributed by atoms with van der Waals surface area (Å²) in [5, 5.41) is 10.2. The first-order chi connectivity index (χ1) is 8.83. The van der Waals surface area contributed by atoms with Gasteiger partial charge in [0.05, 0.1) is 17.4 Å². The Balaban J connectivity index is 1.87. The number of aromatic nitrogens is 4. The van der Waals surface area contributed by atoms with Gasteiger partial charge >= 0.3 is 0 Å². The van der Waals surface area contributed by atoms with Crippen molar-refractivity contribution < 1.29 is 4.79 Å². The molecule has 3 aromatic rings. The van der Waals surface area contributed by atoms with E-state index in [1.54, 1.807) is 42.9 Å². The summed E-state index contributed by atoms with van der Waals surface area (Å²) in [6, 6.07) is 8.64. The van der Waals surface area contributed by atoms with Crippen molar-refractivity contribution >= 4 is 22.8 Å². The van der Waals surface area contributed by atoms with E-state index < -0.39 is 0 Å². The lowest BCUT2D eigenvalue weighted by atomic mass is 10.2. The number of aromatic amines is 1. The van der Waals surface area contributed by atoms with Crippen LogP contribution in [0.15, 0.2) is 42.9 Å². The van der Waals surface area contributed by atoms with Gasteiger partial charge in [-0.15, -0.1) is 5.10 Å². The summed E-state index contributed by atoms with van der Waals surface area (Å²) < 4.78 is 0. The second-order valence-corrected chi connectivity index (χ2v) is 3.70. The van der Waals surface area contributed by atoms with Crippen molar-refractivity contribution in [2.75, 3.05) is 5.32 Å². The van der Waals surface area contributed by atoms with Crippen molar-refractivity contribution in [3.63, 3.8) is 0 Å². The molecule has 1 aromatic carbocycles. The second kappa shape index (κ2) is 4.25. The number of fused-ring (bicyclic) bond motifs is 1. The van der Waals surface area contributed by atoms with Crippen LogP contribution in [0.4, 0.5) is 5.82 Å². The molecule has 0 spiro atoms. The van der Waals surface area contributed by atoms with Gasteiger partial charge in [-0.25, -0.2) is 4.98 Å². The average molecular weight is 239 g/mol. The first kappa shape index (κ1) is 10.4. The Morgan fingerprint density at radius 2 is 2.22 bits per heavy atom. The number of nitrogens with one attached hydrogen (secondary N) is 2. The fourth-order valence-corrected chi connectivity index (χ4v) is 1.63. The number of anilines is 1. The first-order valence-corrected chi connectivity index (χ1v) is 5.35. The summed E-state index contributed by atoms with van der Waals surface area (Å²) >= 11 is 0. The van der Waals surface area contributed by atoms with E-state index in [-0.39, 0.29) is 5.91 Å². The number of hydrogen-bond donors (Lipinski definition) is 2. The Morgan fingerprint density at radius 1 is 1.28 bits per heavy atom. The van der Waals surface area contributed by atoms with E-state index in [1.807, 2.05) is 0 Å². The number of nitrogens with zero attached hydrogens (tertiary/aromatic N) is 3. The van der Waals surface area contributed by atoms with Gasteiger partial charge in [-0.05, 0) is 30.3 Å². The molecule has 0 fully saturated rings. The van der Waals surface area contributed by atoms with Gasteiger partial charge < -0.3 is 10.3 Å². The fraction of sp³-hybridized carbons (Fsp3) is 0. The Hall–Kier alpha value is -2.76. The quantitative estimate of drug-likeness (QED) is 0.711. The predicted octanol–water partition coefficient (Wildman–Crippen LogP) is 1.61. The van der Waals surface area contributed by atoms with Gasteiger partial charge in [0.15, 0.2) is 5.82 Å². The molecule has 0 radical (unpaired) electrons. The van der Waals surface area contributed by atoms with E-state index in [9.17, 15) is 4.79 Å². The zero-order valence-corrected chi connectivity index (χ0v) is 9.29. The van der Waals surface area contributed by atoms with E-state index in [1.165, 1.54) is 0 Å². The third-order valence-corrected chi connectivity index (χ3v) is 2.50. The van der Waals surface area contributed by atoms with Gasteiger partial charge in [0.2, 0.25) is 0 Å². The van der Waals surface area contributed by atoms with Gasteiger partial charge in [0.25, 0.3) is 5.91 Å². The molecule has 0 aliphatic carbocycles. The Morgan fingerprint density at radius 3 is 3.06 bits per heavy atom. The minimum atomic E-state index is -0.230. The molecule has 3 rings (SSSR count). The Bertz CT molecular complexity index is 692. The lowest BCUT2D eigenvalue weighted by Gasteiger charge is -2.03. The molecule has 0 unspecified atom stereocenters. The fourth-order valence-electron chi connectivity index (χ4n) is 1.63. The summed E-state index contributed by atoms with van der Waals surface area (Å²) in [5.74, 6) is 0.194. The van der Waals surface area contributed by atoms with E-state index >= 15 is 0 Å². The molecule has 6 nitrogen and oxygen atoms in total. The predicted molar refractivity (Wildman–Crippen MR) is 66.1 cm³/mol. The van der Waals surface area contributed by atoms with E-state index in [0.717, 1.165) is 11.0 Å². The average Bonchev–Trinajstić information content (AvgIpc) is 2.87. The number of benzene rings is 1. The number of imidazole rings is 1. The van der Waals surface area contributed by atoms with Gasteiger partial charge in [-0.1, -0.05) is 0 Å². The molecular weight excluding hydrogens is 230 g/mol. The van der Waals surface area contributed by atoms with E-state index in [2.05, 4.69) is 25.5 Å². The first-order valence-electron chi connectivity index (χ1n) is 5.35. The molecule has 88 valence electrons. The normalized spacial score (nSPS) is 10.4. The summed E-state index contributed by atoms with van der Waals surface area (Å²) in [6.45, 7) is 0. The molecule has 1 amide bonds. The highest BCUT2D eigenvalue weighted by molar-refractivity contribution is 6.05. The summed E-state index contributed by atoms with van der Waals surface area (Å²) in [4.78, 5) is 19.0. The topological polar surface area (TPSA) is 83.6 Å². The van der Waals surface area contributed by atoms with Crippen molar-refractivity contribution in [3.8, 4) is 0 Å². The van der Waals surface area contributed by atoms with Crippen molar-refractivity contribution in [2.45, 2.75) is 0 Å². The van der Waals surface area contributed by atoms with Crippen LogP contribution in [0, 0.1) is 0 Å². The number of amides is 1. The molecule has 0 aliphatic heterocycles. The van der Waals surface area contributed by atoms with Gasteiger partial charge in [-0.2, -0.15) is 5.10 Å². The highest BCUT2D eigenvalue weighted by atomic mass is 16.1. The van der Waals surface area contributed by atoms with Crippen LogP contribution in [0.3, 0.4) is 0 Å². The Labute approximate surface area is 102 Å².